The molecule has 14 heteroatoms. The molecule has 0 aromatic carbocycles. The van der Waals surface area contributed by atoms with Crippen LogP contribution in [-0.4, -0.2) is 52.2 Å². The quantitative estimate of drug-likeness (QED) is 0.491. The Bertz CT molecular complexity index is 1080. The summed E-state index contributed by atoms with van der Waals surface area (Å²) in [6.07, 6.45) is 0.562. The molecule has 0 aliphatic rings. The van der Waals surface area contributed by atoms with Gasteiger partial charge in [0.05, 0.1) is 6.04 Å². The molecule has 2 aromatic heterocycles. The van der Waals surface area contributed by atoms with Gasteiger partial charge in [0.2, 0.25) is 5.88 Å². The summed E-state index contributed by atoms with van der Waals surface area (Å²) < 4.78 is 70.9. The van der Waals surface area contributed by atoms with E-state index < -0.39 is 39.2 Å². The highest BCUT2D eigenvalue weighted by atomic mass is 35.5. The minimum absolute atomic E-state index is 0.0332. The highest BCUT2D eigenvalue weighted by Gasteiger charge is 2.49. The van der Waals surface area contributed by atoms with E-state index in [1.165, 1.54) is 25.1 Å². The summed E-state index contributed by atoms with van der Waals surface area (Å²) in [4.78, 5) is 17.3. The first kappa shape index (κ1) is 24.0. The highest BCUT2D eigenvalue weighted by Crippen LogP contribution is 2.32. The summed E-state index contributed by atoms with van der Waals surface area (Å²) in [7, 11) is -4.45. The topological polar surface area (TPSA) is 103 Å². The predicted molar refractivity (Wildman–Crippen MR) is 101 cm³/mol. The van der Waals surface area contributed by atoms with Crippen LogP contribution in [0.1, 0.15) is 45.0 Å². The zero-order valence-corrected chi connectivity index (χ0v) is 18.5. The molecule has 2 aromatic rings. The van der Waals surface area contributed by atoms with Gasteiger partial charge in [0.25, 0.3) is 0 Å². The Morgan fingerprint density at radius 2 is 1.87 bits per heavy atom. The second-order valence-corrected chi connectivity index (χ2v) is 9.36. The van der Waals surface area contributed by atoms with Gasteiger partial charge in [0, 0.05) is 18.8 Å². The lowest BCUT2D eigenvalue weighted by molar-refractivity contribution is -0.0501. The van der Waals surface area contributed by atoms with Crippen molar-refractivity contribution in [2.45, 2.75) is 51.8 Å². The van der Waals surface area contributed by atoms with Crippen LogP contribution in [0.3, 0.4) is 0 Å². The van der Waals surface area contributed by atoms with Crippen molar-refractivity contribution in [3.63, 3.8) is 0 Å². The molecule has 2 rings (SSSR count). The Hall–Kier alpha value is -2.28. The third-order valence-electron chi connectivity index (χ3n) is 3.84. The van der Waals surface area contributed by atoms with E-state index in [2.05, 4.69) is 14.3 Å². The standard InChI is InChI=1S/C16H20ClF3N4O5S/c1-8-7-24-12(21-13(8)29-30(26,27)16(18,19)20)10(17)11(22-24)9(2)23(6)14(25)28-15(3,4)5/h7,9H,1-6H3/t9-/m0/s1. The van der Waals surface area contributed by atoms with Gasteiger partial charge >= 0.3 is 21.7 Å². The molecule has 0 bridgehead atoms. The van der Waals surface area contributed by atoms with Gasteiger partial charge in [-0.3, -0.25) is 0 Å². The van der Waals surface area contributed by atoms with Gasteiger partial charge in [-0.2, -0.15) is 31.7 Å². The normalized spacial score (nSPS) is 13.9. The zero-order chi connectivity index (χ0) is 23.2. The van der Waals surface area contributed by atoms with Crippen LogP contribution in [-0.2, 0) is 14.9 Å². The van der Waals surface area contributed by atoms with Crippen molar-refractivity contribution in [3.8, 4) is 5.88 Å². The third-order valence-corrected chi connectivity index (χ3v) is 5.15. The van der Waals surface area contributed by atoms with E-state index in [0.717, 1.165) is 4.52 Å². The van der Waals surface area contributed by atoms with E-state index in [-0.39, 0.29) is 21.9 Å². The molecular formula is C16H20ClF3N4O5S. The second-order valence-electron chi connectivity index (χ2n) is 7.45. The van der Waals surface area contributed by atoms with Gasteiger partial charge in [-0.25, -0.2) is 9.31 Å². The van der Waals surface area contributed by atoms with E-state index in [1.54, 1.807) is 27.7 Å². The van der Waals surface area contributed by atoms with E-state index in [0.29, 0.717) is 0 Å². The number of hydrogen-bond acceptors (Lipinski definition) is 7. The van der Waals surface area contributed by atoms with Gasteiger partial charge in [0.1, 0.15) is 16.3 Å². The van der Waals surface area contributed by atoms with Crippen LogP contribution in [0.4, 0.5) is 18.0 Å². The number of carbonyl (C=O) groups is 1. The molecule has 0 saturated heterocycles. The first-order valence-corrected chi connectivity index (χ1v) is 10.2. The summed E-state index contributed by atoms with van der Waals surface area (Å²) in [5, 5.41) is 4.11. The van der Waals surface area contributed by atoms with Gasteiger partial charge in [-0.05, 0) is 34.6 Å². The van der Waals surface area contributed by atoms with Crippen molar-refractivity contribution in [2.75, 3.05) is 7.05 Å². The van der Waals surface area contributed by atoms with Crippen molar-refractivity contribution in [2.24, 2.45) is 0 Å². The number of hydrogen-bond donors (Lipinski definition) is 0. The fourth-order valence-electron chi connectivity index (χ4n) is 2.21. The Morgan fingerprint density at radius 3 is 2.37 bits per heavy atom. The van der Waals surface area contributed by atoms with Gasteiger partial charge < -0.3 is 13.8 Å². The molecule has 9 nitrogen and oxygen atoms in total. The Kier molecular flexibility index (Phi) is 6.21. The number of aryl methyl sites for hydroxylation is 1. The minimum atomic E-state index is -5.91. The Balaban J connectivity index is 2.44. The molecule has 0 N–H and O–H groups in total. The number of aromatic nitrogens is 3. The second kappa shape index (κ2) is 7.76. The van der Waals surface area contributed by atoms with Crippen LogP contribution in [0, 0.1) is 6.92 Å². The van der Waals surface area contributed by atoms with Crippen molar-refractivity contribution in [1.82, 2.24) is 19.5 Å². The number of nitrogens with zero attached hydrogens (tertiary/aromatic N) is 4. The van der Waals surface area contributed by atoms with Gasteiger partial charge in [-0.1, -0.05) is 11.6 Å². The van der Waals surface area contributed by atoms with Gasteiger partial charge in [-0.15, -0.1) is 0 Å². The number of alkyl halides is 3. The maximum atomic E-state index is 12.6. The SMILES string of the molecule is Cc1cn2nc([C@H](C)N(C)C(=O)OC(C)(C)C)c(Cl)c2nc1OS(=O)(=O)C(F)(F)F. The molecule has 0 radical (unpaired) electrons. The first-order valence-electron chi connectivity index (χ1n) is 8.46. The molecule has 1 atom stereocenters. The molecular weight excluding hydrogens is 453 g/mol. The van der Waals surface area contributed by atoms with Crippen LogP contribution in [0.15, 0.2) is 6.20 Å². The van der Waals surface area contributed by atoms with Crippen molar-refractivity contribution in [3.05, 3.63) is 22.5 Å². The summed E-state index contributed by atoms with van der Waals surface area (Å²) in [5.74, 6) is -0.790. The minimum Gasteiger partial charge on any atom is -0.444 e. The maximum Gasteiger partial charge on any atom is 0.534 e. The number of ether oxygens (including phenoxy) is 1. The molecule has 0 unspecified atom stereocenters. The number of rotatable bonds is 4. The number of halogens is 4. The smallest absolute Gasteiger partial charge is 0.444 e. The molecule has 1 amide bonds. The molecule has 2 heterocycles. The molecule has 0 saturated carbocycles. The number of carbonyl (C=O) groups excluding carboxylic acids is 1. The van der Waals surface area contributed by atoms with E-state index in [9.17, 15) is 26.4 Å². The average molecular weight is 473 g/mol. The van der Waals surface area contributed by atoms with Crippen LogP contribution < -0.4 is 4.18 Å². The van der Waals surface area contributed by atoms with E-state index >= 15 is 0 Å². The monoisotopic (exact) mass is 472 g/mol. The van der Waals surface area contributed by atoms with Crippen molar-refractivity contribution >= 4 is 33.5 Å². The highest BCUT2D eigenvalue weighted by molar-refractivity contribution is 7.87. The van der Waals surface area contributed by atoms with Crippen LogP contribution in [0.25, 0.3) is 5.65 Å². The van der Waals surface area contributed by atoms with Crippen LogP contribution in [0.2, 0.25) is 5.02 Å². The summed E-state index contributed by atoms with van der Waals surface area (Å²) in [5.41, 5.74) is -6.36. The zero-order valence-electron chi connectivity index (χ0n) is 16.9. The molecule has 0 fully saturated rings. The van der Waals surface area contributed by atoms with Crippen LogP contribution >= 0.6 is 11.6 Å². The van der Waals surface area contributed by atoms with Gasteiger partial charge in [0.15, 0.2) is 5.65 Å². The average Bonchev–Trinajstić information content (AvgIpc) is 2.87. The Morgan fingerprint density at radius 1 is 1.30 bits per heavy atom. The number of fused-ring (bicyclic) bond motifs is 1. The number of amides is 1. The largest absolute Gasteiger partial charge is 0.534 e. The lowest BCUT2D eigenvalue weighted by Crippen LogP contribution is -2.36. The molecule has 30 heavy (non-hydrogen) atoms. The van der Waals surface area contributed by atoms with E-state index in [1.807, 2.05) is 0 Å². The molecule has 0 aliphatic heterocycles. The van der Waals surface area contributed by atoms with Crippen molar-refractivity contribution < 1.29 is 35.3 Å². The molecule has 0 spiro atoms. The third kappa shape index (κ3) is 4.89. The predicted octanol–water partition coefficient (Wildman–Crippen LogP) is 3.85. The fraction of sp³-hybridized carbons (Fsp3) is 0.562. The molecule has 0 aliphatic carbocycles. The van der Waals surface area contributed by atoms with Crippen molar-refractivity contribution in [1.29, 1.82) is 0 Å². The lowest BCUT2D eigenvalue weighted by Gasteiger charge is -2.28. The maximum absolute atomic E-state index is 12.6. The Labute approximate surface area is 175 Å². The summed E-state index contributed by atoms with van der Waals surface area (Å²) in [6.45, 7) is 7.99. The first-order chi connectivity index (χ1) is 13.4. The fourth-order valence-corrected chi connectivity index (χ4v) is 3.01. The summed E-state index contributed by atoms with van der Waals surface area (Å²) >= 11 is 6.27. The van der Waals surface area contributed by atoms with E-state index in [4.69, 9.17) is 16.3 Å². The van der Waals surface area contributed by atoms with Crippen LogP contribution in [0.5, 0.6) is 5.88 Å². The molecule has 168 valence electrons. The lowest BCUT2D eigenvalue weighted by atomic mass is 10.2. The summed E-state index contributed by atoms with van der Waals surface area (Å²) in [6, 6.07) is -0.697.